The largest absolute Gasteiger partial charge is 0.478 e. The molecule has 0 aliphatic heterocycles. The summed E-state index contributed by atoms with van der Waals surface area (Å²) in [5, 5.41) is 11.7. The Morgan fingerprint density at radius 2 is 1.89 bits per heavy atom. The summed E-state index contributed by atoms with van der Waals surface area (Å²) in [6.07, 6.45) is -3.41. The third-order valence-corrected chi connectivity index (χ3v) is 4.86. The smallest absolute Gasteiger partial charge is 0.416 e. The SMILES string of the molecule is CCc1oc(C(=O)NCC2(c3cc(F)cc(C(F)(F)F)c3)CC2)cc1C(=O)O. The van der Waals surface area contributed by atoms with Gasteiger partial charge in [-0.1, -0.05) is 6.92 Å². The maximum atomic E-state index is 13.7. The van der Waals surface area contributed by atoms with E-state index in [1.54, 1.807) is 6.92 Å². The molecule has 3 rings (SSSR count). The molecule has 28 heavy (non-hydrogen) atoms. The Kier molecular flexibility index (Phi) is 4.95. The van der Waals surface area contributed by atoms with Crippen LogP contribution >= 0.6 is 0 Å². The van der Waals surface area contributed by atoms with Crippen LogP contribution in [-0.4, -0.2) is 23.5 Å². The molecule has 1 aliphatic carbocycles. The Labute approximate surface area is 157 Å². The molecule has 0 radical (unpaired) electrons. The number of nitrogens with one attached hydrogen (secondary N) is 1. The molecular formula is C19H17F4NO4. The topological polar surface area (TPSA) is 79.5 Å². The Morgan fingerprint density at radius 3 is 2.39 bits per heavy atom. The minimum Gasteiger partial charge on any atom is -0.478 e. The molecule has 1 saturated carbocycles. The molecule has 1 aliphatic rings. The van der Waals surface area contributed by atoms with E-state index in [1.807, 2.05) is 0 Å². The van der Waals surface area contributed by atoms with E-state index >= 15 is 0 Å². The average Bonchev–Trinajstić information content (AvgIpc) is 3.28. The molecule has 0 bridgehead atoms. The van der Waals surface area contributed by atoms with Crippen molar-refractivity contribution in [2.45, 2.75) is 37.8 Å². The van der Waals surface area contributed by atoms with Gasteiger partial charge in [-0.3, -0.25) is 4.79 Å². The van der Waals surface area contributed by atoms with E-state index in [0.29, 0.717) is 18.9 Å². The molecule has 2 N–H and O–H groups in total. The lowest BCUT2D eigenvalue weighted by atomic mass is 9.93. The minimum absolute atomic E-state index is 0.0167. The number of hydrogen-bond acceptors (Lipinski definition) is 3. The lowest BCUT2D eigenvalue weighted by Gasteiger charge is -2.18. The van der Waals surface area contributed by atoms with Crippen LogP contribution in [0.4, 0.5) is 17.6 Å². The van der Waals surface area contributed by atoms with Gasteiger partial charge in [-0.15, -0.1) is 0 Å². The number of carbonyl (C=O) groups is 2. The summed E-state index contributed by atoms with van der Waals surface area (Å²) < 4.78 is 57.7. The second-order valence-electron chi connectivity index (χ2n) is 6.80. The number of halogens is 4. The zero-order chi connectivity index (χ0) is 20.7. The van der Waals surface area contributed by atoms with E-state index in [4.69, 9.17) is 9.52 Å². The highest BCUT2D eigenvalue weighted by molar-refractivity contribution is 5.96. The van der Waals surface area contributed by atoms with Crippen molar-refractivity contribution < 1.29 is 36.7 Å². The van der Waals surface area contributed by atoms with E-state index < -0.39 is 34.8 Å². The van der Waals surface area contributed by atoms with Crippen molar-refractivity contribution in [2.24, 2.45) is 0 Å². The number of carboxylic acid groups (broad SMARTS) is 1. The van der Waals surface area contributed by atoms with Crippen LogP contribution < -0.4 is 5.32 Å². The van der Waals surface area contributed by atoms with Gasteiger partial charge in [-0.25, -0.2) is 9.18 Å². The molecular weight excluding hydrogens is 382 g/mol. The third-order valence-electron chi connectivity index (χ3n) is 4.86. The van der Waals surface area contributed by atoms with E-state index in [9.17, 15) is 27.2 Å². The highest BCUT2D eigenvalue weighted by Gasteiger charge is 2.46. The van der Waals surface area contributed by atoms with Crippen molar-refractivity contribution >= 4 is 11.9 Å². The van der Waals surface area contributed by atoms with Crippen molar-refractivity contribution in [3.63, 3.8) is 0 Å². The van der Waals surface area contributed by atoms with Crippen LogP contribution in [0.1, 0.15) is 57.6 Å². The zero-order valence-corrected chi connectivity index (χ0v) is 14.8. The van der Waals surface area contributed by atoms with Crippen LogP contribution in [0.3, 0.4) is 0 Å². The first-order valence-electron chi connectivity index (χ1n) is 8.58. The summed E-state index contributed by atoms with van der Waals surface area (Å²) in [5.74, 6) is -2.94. The monoisotopic (exact) mass is 399 g/mol. The van der Waals surface area contributed by atoms with Crippen molar-refractivity contribution in [3.05, 3.63) is 58.3 Å². The number of aryl methyl sites for hydroxylation is 1. The van der Waals surface area contributed by atoms with Crippen LogP contribution in [-0.2, 0) is 18.0 Å². The van der Waals surface area contributed by atoms with Crippen LogP contribution in [0.15, 0.2) is 28.7 Å². The first kappa shape index (κ1) is 19.9. The number of amides is 1. The van der Waals surface area contributed by atoms with Gasteiger partial charge in [0.25, 0.3) is 5.91 Å². The standard InChI is InChI=1S/C19H17F4NO4/c1-2-14-13(17(26)27)8-15(28-14)16(25)24-9-18(3-4-18)10-5-11(19(21,22)23)7-12(20)6-10/h5-8H,2-4,9H2,1H3,(H,24,25)(H,26,27). The lowest BCUT2D eigenvalue weighted by molar-refractivity contribution is -0.137. The van der Waals surface area contributed by atoms with Gasteiger partial charge in [0.1, 0.15) is 17.1 Å². The minimum atomic E-state index is -4.67. The predicted octanol–water partition coefficient (Wildman–Crippen LogP) is 4.16. The first-order valence-corrected chi connectivity index (χ1v) is 8.58. The molecule has 2 aromatic rings. The van der Waals surface area contributed by atoms with Crippen LogP contribution in [0.25, 0.3) is 0 Å². The summed E-state index contributed by atoms with van der Waals surface area (Å²) in [4.78, 5) is 23.5. The quantitative estimate of drug-likeness (QED) is 0.715. The van der Waals surface area contributed by atoms with Crippen LogP contribution in [0, 0.1) is 5.82 Å². The van der Waals surface area contributed by atoms with Gasteiger partial charge in [-0.05, 0) is 36.6 Å². The lowest BCUT2D eigenvalue weighted by Crippen LogP contribution is -2.32. The molecule has 1 aromatic heterocycles. The van der Waals surface area contributed by atoms with Gasteiger partial charge in [0, 0.05) is 24.4 Å². The summed E-state index contributed by atoms with van der Waals surface area (Å²) in [6, 6.07) is 3.48. The molecule has 1 heterocycles. The molecule has 0 spiro atoms. The number of benzene rings is 1. The Hall–Kier alpha value is -2.84. The zero-order valence-electron chi connectivity index (χ0n) is 14.8. The second kappa shape index (κ2) is 6.96. The number of alkyl halides is 3. The van der Waals surface area contributed by atoms with Crippen LogP contribution in [0.5, 0.6) is 0 Å². The number of hydrogen-bond donors (Lipinski definition) is 2. The Morgan fingerprint density at radius 1 is 1.21 bits per heavy atom. The van der Waals surface area contributed by atoms with E-state index in [2.05, 4.69) is 5.32 Å². The number of aromatic carboxylic acids is 1. The second-order valence-corrected chi connectivity index (χ2v) is 6.80. The fourth-order valence-corrected chi connectivity index (χ4v) is 3.10. The number of carboxylic acids is 1. The molecule has 1 aromatic carbocycles. The van der Waals surface area contributed by atoms with Gasteiger partial charge >= 0.3 is 12.1 Å². The van der Waals surface area contributed by atoms with Gasteiger partial charge in [0.2, 0.25) is 0 Å². The van der Waals surface area contributed by atoms with Gasteiger partial charge in [-0.2, -0.15) is 13.2 Å². The third kappa shape index (κ3) is 3.88. The van der Waals surface area contributed by atoms with E-state index in [-0.39, 0.29) is 35.6 Å². The highest BCUT2D eigenvalue weighted by atomic mass is 19.4. The molecule has 5 nitrogen and oxygen atoms in total. The Bertz CT molecular complexity index is 929. The molecule has 1 fully saturated rings. The van der Waals surface area contributed by atoms with Gasteiger partial charge < -0.3 is 14.8 Å². The molecule has 150 valence electrons. The molecule has 9 heteroatoms. The fourth-order valence-electron chi connectivity index (χ4n) is 3.10. The summed E-state index contributed by atoms with van der Waals surface area (Å²) in [5.41, 5.74) is -1.81. The van der Waals surface area contributed by atoms with E-state index in [0.717, 1.165) is 18.2 Å². The molecule has 0 saturated heterocycles. The van der Waals surface area contributed by atoms with Crippen molar-refractivity contribution in [1.82, 2.24) is 5.32 Å². The summed E-state index contributed by atoms with van der Waals surface area (Å²) in [6.45, 7) is 1.66. The van der Waals surface area contributed by atoms with E-state index in [1.165, 1.54) is 0 Å². The predicted molar refractivity (Wildman–Crippen MR) is 89.7 cm³/mol. The first-order chi connectivity index (χ1) is 13.1. The molecule has 0 atom stereocenters. The van der Waals surface area contributed by atoms with Crippen molar-refractivity contribution in [3.8, 4) is 0 Å². The average molecular weight is 399 g/mol. The van der Waals surface area contributed by atoms with Crippen LogP contribution in [0.2, 0.25) is 0 Å². The maximum Gasteiger partial charge on any atom is 0.416 e. The Balaban J connectivity index is 1.77. The number of furan rings is 1. The fraction of sp³-hybridized carbons (Fsp3) is 0.368. The number of rotatable bonds is 6. The van der Waals surface area contributed by atoms with Gasteiger partial charge in [0.15, 0.2) is 5.76 Å². The van der Waals surface area contributed by atoms with Crippen molar-refractivity contribution in [2.75, 3.05) is 6.54 Å². The normalized spacial score (nSPS) is 15.3. The molecule has 1 amide bonds. The number of carbonyl (C=O) groups excluding carboxylic acids is 1. The van der Waals surface area contributed by atoms with Gasteiger partial charge in [0.05, 0.1) is 5.56 Å². The molecule has 0 unspecified atom stereocenters. The van der Waals surface area contributed by atoms with Crippen molar-refractivity contribution in [1.29, 1.82) is 0 Å². The maximum absolute atomic E-state index is 13.7. The highest BCUT2D eigenvalue weighted by Crippen LogP contribution is 2.49. The summed E-state index contributed by atoms with van der Waals surface area (Å²) >= 11 is 0. The summed E-state index contributed by atoms with van der Waals surface area (Å²) in [7, 11) is 0.